The van der Waals surface area contributed by atoms with Crippen LogP contribution >= 0.6 is 0 Å². The Balaban J connectivity index is 1.67. The molecule has 5 heteroatoms. The summed E-state index contributed by atoms with van der Waals surface area (Å²) in [5.74, 6) is -0.252. The van der Waals surface area contributed by atoms with Crippen LogP contribution in [0.25, 0.3) is 0 Å². The molecule has 0 unspecified atom stereocenters. The minimum Gasteiger partial charge on any atom is -0.289 e. The number of aliphatic imine (C=N–C) groups is 1. The Morgan fingerprint density at radius 3 is 2.31 bits per heavy atom. The first-order valence-corrected chi connectivity index (χ1v) is 11.9. The quantitative estimate of drug-likeness (QED) is 0.356. The first-order valence-electron chi connectivity index (χ1n) is 11.9. The van der Waals surface area contributed by atoms with Crippen LogP contribution < -0.4 is 0 Å². The summed E-state index contributed by atoms with van der Waals surface area (Å²) >= 11 is 0. The molecule has 0 fully saturated rings. The molecule has 0 bridgehead atoms. The lowest BCUT2D eigenvalue weighted by atomic mass is 9.63. The zero-order chi connectivity index (χ0) is 23.9. The molecule has 2 aliphatic carbocycles. The molecule has 2 aromatic carbocycles. The number of aromatic nitrogens is 2. The lowest BCUT2D eigenvalue weighted by Crippen LogP contribution is -2.45. The lowest BCUT2D eigenvalue weighted by Gasteiger charge is -2.45. The van der Waals surface area contributed by atoms with Gasteiger partial charge >= 0.3 is 0 Å². The van der Waals surface area contributed by atoms with Gasteiger partial charge in [0.2, 0.25) is 5.78 Å². The van der Waals surface area contributed by atoms with Gasteiger partial charge in [-0.15, -0.1) is 0 Å². The van der Waals surface area contributed by atoms with Crippen molar-refractivity contribution >= 4 is 17.3 Å². The molecule has 4 aromatic rings. The molecule has 2 atom stereocenters. The SMILES string of the molecule is CCc1ccnc2c1C(=O)c1ccccc1[C@@]21N=C2c3ccccc3C(=O)c3nccc(c32)[C@H]1C. The van der Waals surface area contributed by atoms with Crippen molar-refractivity contribution in [3.63, 3.8) is 0 Å². The van der Waals surface area contributed by atoms with E-state index in [0.717, 1.165) is 39.9 Å². The maximum Gasteiger partial charge on any atom is 0.212 e. The molecule has 1 aliphatic heterocycles. The van der Waals surface area contributed by atoms with Crippen LogP contribution in [0.15, 0.2) is 78.0 Å². The molecule has 3 heterocycles. The number of hydrogen-bond acceptors (Lipinski definition) is 5. The van der Waals surface area contributed by atoms with Gasteiger partial charge in [0, 0.05) is 40.6 Å². The van der Waals surface area contributed by atoms with Gasteiger partial charge in [-0.3, -0.25) is 24.5 Å². The number of nitrogens with zero attached hydrogens (tertiary/aromatic N) is 3. The monoisotopic (exact) mass is 455 g/mol. The highest BCUT2D eigenvalue weighted by molar-refractivity contribution is 6.30. The van der Waals surface area contributed by atoms with Crippen molar-refractivity contribution < 1.29 is 9.59 Å². The van der Waals surface area contributed by atoms with E-state index in [4.69, 9.17) is 9.98 Å². The minimum absolute atomic E-state index is 0.000915. The summed E-state index contributed by atoms with van der Waals surface area (Å²) in [6.45, 7) is 4.18. The average molecular weight is 456 g/mol. The van der Waals surface area contributed by atoms with Crippen LogP contribution in [0, 0.1) is 0 Å². The maximum absolute atomic E-state index is 13.8. The first kappa shape index (κ1) is 20.2. The van der Waals surface area contributed by atoms with Crippen molar-refractivity contribution in [3.8, 4) is 0 Å². The van der Waals surface area contributed by atoms with E-state index in [9.17, 15) is 9.59 Å². The van der Waals surface area contributed by atoms with Gasteiger partial charge < -0.3 is 0 Å². The van der Waals surface area contributed by atoms with Crippen molar-refractivity contribution in [2.75, 3.05) is 0 Å². The molecule has 7 rings (SSSR count). The van der Waals surface area contributed by atoms with Gasteiger partial charge in [-0.05, 0) is 35.2 Å². The molecule has 0 saturated heterocycles. The van der Waals surface area contributed by atoms with Crippen LogP contribution in [-0.2, 0) is 12.0 Å². The summed E-state index contributed by atoms with van der Waals surface area (Å²) in [4.78, 5) is 42.0. The molecule has 168 valence electrons. The molecule has 2 aromatic heterocycles. The summed E-state index contributed by atoms with van der Waals surface area (Å²) in [5, 5.41) is 0. The molecule has 5 nitrogen and oxygen atoms in total. The summed E-state index contributed by atoms with van der Waals surface area (Å²) in [6.07, 6.45) is 4.23. The number of aryl methyl sites for hydroxylation is 1. The third kappa shape index (κ3) is 2.35. The van der Waals surface area contributed by atoms with Crippen molar-refractivity contribution in [1.82, 2.24) is 9.97 Å². The first-order chi connectivity index (χ1) is 17.1. The second-order valence-electron chi connectivity index (χ2n) is 9.37. The van der Waals surface area contributed by atoms with Crippen molar-refractivity contribution in [2.24, 2.45) is 4.99 Å². The molecule has 0 saturated carbocycles. The third-order valence-electron chi connectivity index (χ3n) is 7.83. The molecule has 0 N–H and O–H groups in total. The molecule has 1 spiro atoms. The van der Waals surface area contributed by atoms with E-state index in [-0.39, 0.29) is 17.5 Å². The molecular weight excluding hydrogens is 434 g/mol. The van der Waals surface area contributed by atoms with Gasteiger partial charge in [0.15, 0.2) is 5.78 Å². The Kier molecular flexibility index (Phi) is 3.97. The number of benzene rings is 2. The highest BCUT2D eigenvalue weighted by Gasteiger charge is 2.53. The second kappa shape index (κ2) is 6.89. The number of carbonyl (C=O) groups excluding carboxylic acids is 2. The van der Waals surface area contributed by atoms with Gasteiger partial charge in [-0.1, -0.05) is 62.4 Å². The topological polar surface area (TPSA) is 72.3 Å². The Bertz CT molecular complexity index is 1650. The van der Waals surface area contributed by atoms with Crippen LogP contribution in [0.5, 0.6) is 0 Å². The zero-order valence-corrected chi connectivity index (χ0v) is 19.4. The molecule has 0 radical (unpaired) electrons. The smallest absolute Gasteiger partial charge is 0.212 e. The normalized spacial score (nSPS) is 21.1. The number of pyridine rings is 2. The van der Waals surface area contributed by atoms with E-state index in [1.165, 1.54) is 0 Å². The summed E-state index contributed by atoms with van der Waals surface area (Å²) in [7, 11) is 0. The third-order valence-corrected chi connectivity index (χ3v) is 7.83. The molecule has 0 amide bonds. The predicted octanol–water partition coefficient (Wildman–Crippen LogP) is 5.03. The van der Waals surface area contributed by atoms with Crippen LogP contribution in [0.1, 0.15) is 85.2 Å². The van der Waals surface area contributed by atoms with Gasteiger partial charge in [-0.2, -0.15) is 0 Å². The van der Waals surface area contributed by atoms with E-state index in [1.54, 1.807) is 12.4 Å². The highest BCUT2D eigenvalue weighted by Crippen LogP contribution is 2.55. The molecule has 3 aliphatic rings. The fourth-order valence-electron chi connectivity index (χ4n) is 6.19. The molecular formula is C30H21N3O2. The molecule has 35 heavy (non-hydrogen) atoms. The summed E-state index contributed by atoms with van der Waals surface area (Å²) in [6, 6.07) is 19.3. The van der Waals surface area contributed by atoms with Crippen LogP contribution in [0.2, 0.25) is 0 Å². The van der Waals surface area contributed by atoms with E-state index >= 15 is 0 Å². The summed E-state index contributed by atoms with van der Waals surface area (Å²) < 4.78 is 0. The van der Waals surface area contributed by atoms with Gasteiger partial charge in [0.25, 0.3) is 0 Å². The zero-order valence-electron chi connectivity index (χ0n) is 19.4. The van der Waals surface area contributed by atoms with Crippen LogP contribution in [0.3, 0.4) is 0 Å². The fraction of sp³-hybridized carbons (Fsp3) is 0.167. The predicted molar refractivity (Wildman–Crippen MR) is 132 cm³/mol. The standard InChI is InChI=1S/C30H21N3O2/c1-3-17-12-14-32-29-23(17)27(34)21-10-6-7-11-22(21)30(29)16(2)18-13-15-31-26-24(18)25(33-30)19-8-4-5-9-20(19)28(26)35/h4-16H,3H2,1-2H3/t16-,30-/m1/s1. The Morgan fingerprint density at radius 2 is 1.51 bits per heavy atom. The number of hydrogen-bond donors (Lipinski definition) is 0. The lowest BCUT2D eigenvalue weighted by molar-refractivity contribution is 0.102. The van der Waals surface area contributed by atoms with E-state index < -0.39 is 5.54 Å². The van der Waals surface area contributed by atoms with Crippen LogP contribution in [-0.4, -0.2) is 27.2 Å². The van der Waals surface area contributed by atoms with Crippen molar-refractivity contribution in [1.29, 1.82) is 0 Å². The second-order valence-corrected chi connectivity index (χ2v) is 9.37. The maximum atomic E-state index is 13.8. The van der Waals surface area contributed by atoms with Gasteiger partial charge in [0.1, 0.15) is 11.2 Å². The van der Waals surface area contributed by atoms with Gasteiger partial charge in [0.05, 0.1) is 17.0 Å². The van der Waals surface area contributed by atoms with E-state index in [0.29, 0.717) is 28.1 Å². The fourth-order valence-corrected chi connectivity index (χ4v) is 6.19. The number of rotatable bonds is 1. The number of fused-ring (bicyclic) bond motifs is 6. The van der Waals surface area contributed by atoms with Crippen molar-refractivity contribution in [2.45, 2.75) is 31.7 Å². The average Bonchev–Trinajstić information content (AvgIpc) is 2.91. The number of carbonyl (C=O) groups is 2. The Labute approximate surface area is 202 Å². The Hall–Kier alpha value is -4.25. The van der Waals surface area contributed by atoms with Crippen molar-refractivity contribution in [3.05, 3.63) is 129 Å². The number of ketones is 2. The highest BCUT2D eigenvalue weighted by atomic mass is 16.1. The van der Waals surface area contributed by atoms with E-state index in [1.807, 2.05) is 60.7 Å². The summed E-state index contributed by atoms with van der Waals surface area (Å²) in [5.41, 5.74) is 7.33. The Morgan fingerprint density at radius 1 is 0.800 bits per heavy atom. The van der Waals surface area contributed by atoms with Crippen LogP contribution in [0.4, 0.5) is 0 Å². The van der Waals surface area contributed by atoms with E-state index in [2.05, 4.69) is 18.8 Å². The minimum atomic E-state index is -0.903. The van der Waals surface area contributed by atoms with Gasteiger partial charge in [-0.25, -0.2) is 0 Å². The largest absolute Gasteiger partial charge is 0.289 e.